The van der Waals surface area contributed by atoms with Crippen LogP contribution in [0.1, 0.15) is 30.5 Å². The molecule has 0 saturated carbocycles. The number of aliphatic carboxylic acids is 1. The summed E-state index contributed by atoms with van der Waals surface area (Å²) in [6, 6.07) is 11.7. The summed E-state index contributed by atoms with van der Waals surface area (Å²) in [5, 5.41) is 13.7. The predicted octanol–water partition coefficient (Wildman–Crippen LogP) is 1.76. The van der Waals surface area contributed by atoms with Crippen molar-refractivity contribution >= 4 is 11.9 Å². The molecule has 0 aliphatic rings. The number of carbonyl (C=O) groups excluding carboxylic acids is 2. The van der Waals surface area contributed by atoms with Crippen LogP contribution in [0.3, 0.4) is 0 Å². The number of benzene rings is 2. The van der Waals surface area contributed by atoms with E-state index in [1.54, 1.807) is 24.3 Å². The van der Waals surface area contributed by atoms with Gasteiger partial charge >= 0.3 is 0 Å². The quantitative estimate of drug-likeness (QED) is 0.791. The summed E-state index contributed by atoms with van der Waals surface area (Å²) in [4.78, 5) is 23.2. The summed E-state index contributed by atoms with van der Waals surface area (Å²) in [7, 11) is 0. The zero-order valence-electron chi connectivity index (χ0n) is 13.8. The van der Waals surface area contributed by atoms with Crippen LogP contribution in [0.25, 0.3) is 0 Å². The Morgan fingerprint density at radius 2 is 1.76 bits per heavy atom. The maximum absolute atomic E-state index is 12.9. The minimum Gasteiger partial charge on any atom is -0.550 e. The number of nitrogens with one attached hydrogen (secondary N) is 1. The van der Waals surface area contributed by atoms with Crippen molar-refractivity contribution in [2.24, 2.45) is 0 Å². The smallest absolute Gasteiger partial charge is 0.224 e. The number of carboxylic acid groups (broad SMARTS) is 1. The lowest BCUT2D eigenvalue weighted by molar-refractivity contribution is -0.306. The second-order valence-corrected chi connectivity index (χ2v) is 5.50. The molecule has 1 amide bonds. The van der Waals surface area contributed by atoms with Crippen LogP contribution in [0.2, 0.25) is 0 Å². The van der Waals surface area contributed by atoms with E-state index in [0.717, 1.165) is 0 Å². The monoisotopic (exact) mass is 344 g/mol. The van der Waals surface area contributed by atoms with Gasteiger partial charge in [0.1, 0.15) is 11.6 Å². The Hall–Kier alpha value is -2.89. The SMILES string of the molecule is CCOc1ccc([C@H](CC(=O)[O-])NC(=O)Cc2ccc(F)cc2)cc1. The van der Waals surface area contributed by atoms with Gasteiger partial charge < -0.3 is 20.0 Å². The number of rotatable bonds is 8. The van der Waals surface area contributed by atoms with Gasteiger partial charge in [-0.25, -0.2) is 4.39 Å². The number of hydrogen-bond acceptors (Lipinski definition) is 4. The van der Waals surface area contributed by atoms with E-state index in [4.69, 9.17) is 4.74 Å². The molecule has 0 bridgehead atoms. The Morgan fingerprint density at radius 3 is 2.32 bits per heavy atom. The van der Waals surface area contributed by atoms with Crippen molar-refractivity contribution < 1.29 is 23.8 Å². The van der Waals surface area contributed by atoms with Crippen LogP contribution >= 0.6 is 0 Å². The standard InChI is InChI=1S/C19H20FNO4/c1-2-25-16-9-5-14(6-10-16)17(12-19(23)24)21-18(22)11-13-3-7-15(20)8-4-13/h3-10,17H,2,11-12H2,1H3,(H,21,22)(H,23,24)/p-1/t17-/m0/s1. The Bertz CT molecular complexity index is 713. The van der Waals surface area contributed by atoms with E-state index in [1.807, 2.05) is 6.92 Å². The van der Waals surface area contributed by atoms with Crippen LogP contribution < -0.4 is 15.2 Å². The molecule has 2 rings (SSSR count). The maximum Gasteiger partial charge on any atom is 0.224 e. The van der Waals surface area contributed by atoms with Crippen molar-refractivity contribution in [1.82, 2.24) is 5.32 Å². The summed E-state index contributed by atoms with van der Waals surface area (Å²) in [5.74, 6) is -1.34. The second-order valence-electron chi connectivity index (χ2n) is 5.50. The number of carbonyl (C=O) groups is 2. The van der Waals surface area contributed by atoms with Gasteiger partial charge in [-0.2, -0.15) is 0 Å². The van der Waals surface area contributed by atoms with Gasteiger partial charge in [0.2, 0.25) is 5.91 Å². The fourth-order valence-corrected chi connectivity index (χ4v) is 2.41. The molecule has 132 valence electrons. The molecule has 2 aromatic carbocycles. The first kappa shape index (κ1) is 18.4. The molecule has 1 atom stereocenters. The Kier molecular flexibility index (Phi) is 6.51. The summed E-state index contributed by atoms with van der Waals surface area (Å²) in [6.45, 7) is 2.39. The Morgan fingerprint density at radius 1 is 1.12 bits per heavy atom. The first-order valence-electron chi connectivity index (χ1n) is 7.94. The molecule has 0 aromatic heterocycles. The highest BCUT2D eigenvalue weighted by Gasteiger charge is 2.15. The van der Waals surface area contributed by atoms with Crippen molar-refractivity contribution in [3.05, 3.63) is 65.5 Å². The van der Waals surface area contributed by atoms with Crippen LogP contribution in [0, 0.1) is 5.82 Å². The van der Waals surface area contributed by atoms with E-state index in [2.05, 4.69) is 5.32 Å². The van der Waals surface area contributed by atoms with Crippen molar-refractivity contribution in [3.63, 3.8) is 0 Å². The average molecular weight is 344 g/mol. The molecule has 25 heavy (non-hydrogen) atoms. The fraction of sp³-hybridized carbons (Fsp3) is 0.263. The molecule has 2 aromatic rings. The molecule has 0 fully saturated rings. The zero-order chi connectivity index (χ0) is 18.2. The molecular formula is C19H19FNO4-. The fourth-order valence-electron chi connectivity index (χ4n) is 2.41. The van der Waals surface area contributed by atoms with E-state index in [1.165, 1.54) is 24.3 Å². The maximum atomic E-state index is 12.9. The number of amides is 1. The van der Waals surface area contributed by atoms with Crippen molar-refractivity contribution in [2.45, 2.75) is 25.8 Å². The molecule has 0 heterocycles. The van der Waals surface area contributed by atoms with Gasteiger partial charge in [0.15, 0.2) is 0 Å². The molecule has 0 spiro atoms. The highest BCUT2D eigenvalue weighted by Crippen LogP contribution is 2.20. The molecule has 0 saturated heterocycles. The van der Waals surface area contributed by atoms with Crippen LogP contribution in [-0.2, 0) is 16.0 Å². The van der Waals surface area contributed by atoms with Gasteiger partial charge in [-0.1, -0.05) is 24.3 Å². The largest absolute Gasteiger partial charge is 0.550 e. The minimum atomic E-state index is -1.26. The van der Waals surface area contributed by atoms with E-state index in [9.17, 15) is 19.1 Å². The minimum absolute atomic E-state index is 0.0286. The van der Waals surface area contributed by atoms with E-state index in [0.29, 0.717) is 23.5 Å². The molecule has 0 radical (unpaired) electrons. The lowest BCUT2D eigenvalue weighted by atomic mass is 10.0. The van der Waals surface area contributed by atoms with Crippen LogP contribution in [0.5, 0.6) is 5.75 Å². The third kappa shape index (κ3) is 5.91. The van der Waals surface area contributed by atoms with Crippen molar-refractivity contribution in [3.8, 4) is 5.75 Å². The summed E-state index contributed by atoms with van der Waals surface area (Å²) < 4.78 is 18.2. The van der Waals surface area contributed by atoms with Crippen LogP contribution in [0.15, 0.2) is 48.5 Å². The first-order valence-corrected chi connectivity index (χ1v) is 7.94. The van der Waals surface area contributed by atoms with Gasteiger partial charge in [-0.05, 0) is 42.3 Å². The lowest BCUT2D eigenvalue weighted by Crippen LogP contribution is -2.35. The molecule has 1 N–H and O–H groups in total. The molecule has 0 aliphatic heterocycles. The van der Waals surface area contributed by atoms with Crippen LogP contribution in [0.4, 0.5) is 4.39 Å². The molecular weight excluding hydrogens is 325 g/mol. The van der Waals surface area contributed by atoms with Gasteiger partial charge in [0, 0.05) is 12.4 Å². The van der Waals surface area contributed by atoms with E-state index >= 15 is 0 Å². The topological polar surface area (TPSA) is 78.5 Å². The Labute approximate surface area is 145 Å². The predicted molar refractivity (Wildman–Crippen MR) is 88.2 cm³/mol. The zero-order valence-corrected chi connectivity index (χ0v) is 13.8. The Balaban J connectivity index is 2.07. The average Bonchev–Trinajstić information content (AvgIpc) is 2.57. The molecule has 5 nitrogen and oxygen atoms in total. The lowest BCUT2D eigenvalue weighted by Gasteiger charge is -2.20. The van der Waals surface area contributed by atoms with E-state index < -0.39 is 12.0 Å². The third-order valence-electron chi connectivity index (χ3n) is 3.58. The highest BCUT2D eigenvalue weighted by atomic mass is 19.1. The normalized spacial score (nSPS) is 11.6. The van der Waals surface area contributed by atoms with Gasteiger partial charge in [0.25, 0.3) is 0 Å². The first-order chi connectivity index (χ1) is 12.0. The molecule has 6 heteroatoms. The number of halogens is 1. The van der Waals surface area contributed by atoms with Gasteiger partial charge in [0.05, 0.1) is 19.1 Å². The summed E-state index contributed by atoms with van der Waals surface area (Å²) in [6.07, 6.45) is -0.315. The number of ether oxygens (including phenoxy) is 1. The van der Waals surface area contributed by atoms with E-state index in [-0.39, 0.29) is 24.6 Å². The van der Waals surface area contributed by atoms with Gasteiger partial charge in [-0.15, -0.1) is 0 Å². The molecule has 0 unspecified atom stereocenters. The second kappa shape index (κ2) is 8.82. The van der Waals surface area contributed by atoms with Crippen LogP contribution in [-0.4, -0.2) is 18.5 Å². The number of hydrogen-bond donors (Lipinski definition) is 1. The third-order valence-corrected chi connectivity index (χ3v) is 3.58. The highest BCUT2D eigenvalue weighted by molar-refractivity contribution is 5.79. The molecule has 0 aliphatic carbocycles. The number of carboxylic acids is 1. The van der Waals surface area contributed by atoms with Crippen molar-refractivity contribution in [2.75, 3.05) is 6.61 Å². The summed E-state index contributed by atoms with van der Waals surface area (Å²) >= 11 is 0. The van der Waals surface area contributed by atoms with Crippen molar-refractivity contribution in [1.29, 1.82) is 0 Å². The summed E-state index contributed by atoms with van der Waals surface area (Å²) in [5.41, 5.74) is 1.28. The van der Waals surface area contributed by atoms with Gasteiger partial charge in [-0.3, -0.25) is 4.79 Å².